The predicted octanol–water partition coefficient (Wildman–Crippen LogP) is 1.81. The van der Waals surface area contributed by atoms with Gasteiger partial charge in [0.2, 0.25) is 0 Å². The molecule has 0 aliphatic rings. The van der Waals surface area contributed by atoms with Crippen molar-refractivity contribution in [1.82, 2.24) is 9.78 Å². The van der Waals surface area contributed by atoms with E-state index in [0.29, 0.717) is 5.82 Å². The van der Waals surface area contributed by atoms with Crippen LogP contribution in [0.15, 0.2) is 12.3 Å². The number of alkyl halides is 3. The molecule has 0 aromatic carbocycles. The molecular weight excluding hydrogens is 183 g/mol. The van der Waals surface area contributed by atoms with E-state index in [1.54, 1.807) is 12.3 Å². The maximum Gasteiger partial charge on any atom is 0.389 e. The lowest BCUT2D eigenvalue weighted by atomic mass is 10.3. The average Bonchev–Trinajstić information content (AvgIpc) is 2.33. The molecule has 0 fully saturated rings. The van der Waals surface area contributed by atoms with Crippen LogP contribution < -0.4 is 5.73 Å². The third-order valence-electron chi connectivity index (χ3n) is 1.51. The van der Waals surface area contributed by atoms with Crippen molar-refractivity contribution in [3.05, 3.63) is 12.3 Å². The van der Waals surface area contributed by atoms with E-state index in [1.807, 2.05) is 0 Å². The van der Waals surface area contributed by atoms with Crippen molar-refractivity contribution in [3.8, 4) is 0 Å². The molecule has 6 heteroatoms. The zero-order chi connectivity index (χ0) is 9.90. The molecule has 0 aliphatic carbocycles. The predicted molar refractivity (Wildman–Crippen MR) is 41.9 cm³/mol. The van der Waals surface area contributed by atoms with Gasteiger partial charge in [0.1, 0.15) is 5.82 Å². The fourth-order valence-electron chi connectivity index (χ4n) is 0.943. The summed E-state index contributed by atoms with van der Waals surface area (Å²) < 4.78 is 36.5. The maximum absolute atomic E-state index is 11.7. The van der Waals surface area contributed by atoms with Gasteiger partial charge in [0, 0.05) is 19.2 Å². The maximum atomic E-state index is 11.7. The van der Waals surface area contributed by atoms with Crippen molar-refractivity contribution in [2.24, 2.45) is 0 Å². The van der Waals surface area contributed by atoms with Gasteiger partial charge >= 0.3 is 6.18 Å². The van der Waals surface area contributed by atoms with E-state index in [4.69, 9.17) is 5.73 Å². The molecule has 0 radical (unpaired) electrons. The van der Waals surface area contributed by atoms with Gasteiger partial charge in [0.15, 0.2) is 0 Å². The molecule has 0 unspecified atom stereocenters. The van der Waals surface area contributed by atoms with Crippen molar-refractivity contribution in [3.63, 3.8) is 0 Å². The van der Waals surface area contributed by atoms with E-state index < -0.39 is 12.6 Å². The minimum Gasteiger partial charge on any atom is -0.382 e. The summed E-state index contributed by atoms with van der Waals surface area (Å²) >= 11 is 0. The van der Waals surface area contributed by atoms with Crippen LogP contribution in [0.4, 0.5) is 19.0 Å². The van der Waals surface area contributed by atoms with Crippen LogP contribution in [0, 0.1) is 0 Å². The molecule has 0 amide bonds. The van der Waals surface area contributed by atoms with Crippen molar-refractivity contribution in [2.45, 2.75) is 25.6 Å². The van der Waals surface area contributed by atoms with Crippen LogP contribution in [0.25, 0.3) is 0 Å². The van der Waals surface area contributed by atoms with Crippen LogP contribution in [0.1, 0.15) is 12.8 Å². The number of nitrogens with two attached hydrogens (primary N) is 1. The Morgan fingerprint density at radius 1 is 1.46 bits per heavy atom. The van der Waals surface area contributed by atoms with Crippen LogP contribution >= 0.6 is 0 Å². The summed E-state index contributed by atoms with van der Waals surface area (Å²) in [6.45, 7) is 0.247. The SMILES string of the molecule is Nc1ccn(CCCC(F)(F)F)n1. The zero-order valence-corrected chi connectivity index (χ0v) is 6.88. The summed E-state index contributed by atoms with van der Waals surface area (Å²) in [5.74, 6) is 0.326. The van der Waals surface area contributed by atoms with Gasteiger partial charge in [-0.25, -0.2) is 0 Å². The number of nitrogen functional groups attached to an aromatic ring is 1. The second kappa shape index (κ2) is 3.68. The molecule has 0 saturated carbocycles. The Morgan fingerprint density at radius 3 is 2.62 bits per heavy atom. The molecule has 3 nitrogen and oxygen atoms in total. The van der Waals surface area contributed by atoms with Gasteiger partial charge in [-0.2, -0.15) is 18.3 Å². The normalized spacial score (nSPS) is 11.9. The third kappa shape index (κ3) is 3.82. The Hall–Kier alpha value is -1.20. The van der Waals surface area contributed by atoms with Gasteiger partial charge in [0.25, 0.3) is 0 Å². The molecule has 0 atom stereocenters. The van der Waals surface area contributed by atoms with E-state index in [9.17, 15) is 13.2 Å². The number of rotatable bonds is 3. The number of hydrogen-bond acceptors (Lipinski definition) is 2. The monoisotopic (exact) mass is 193 g/mol. The summed E-state index contributed by atoms with van der Waals surface area (Å²) in [6.07, 6.45) is -3.28. The Bertz CT molecular complexity index is 266. The quantitative estimate of drug-likeness (QED) is 0.795. The molecule has 0 spiro atoms. The molecule has 0 bridgehead atoms. The lowest BCUT2D eigenvalue weighted by molar-refractivity contribution is -0.136. The lowest BCUT2D eigenvalue weighted by Crippen LogP contribution is -2.09. The first kappa shape index (κ1) is 9.88. The smallest absolute Gasteiger partial charge is 0.382 e. The highest BCUT2D eigenvalue weighted by molar-refractivity contribution is 5.23. The molecule has 1 heterocycles. The van der Waals surface area contributed by atoms with Crippen LogP contribution in [-0.4, -0.2) is 16.0 Å². The first-order valence-electron chi connectivity index (χ1n) is 3.83. The van der Waals surface area contributed by atoms with Crippen LogP contribution in [0.2, 0.25) is 0 Å². The molecule has 1 aromatic rings. The number of aryl methyl sites for hydroxylation is 1. The Balaban J connectivity index is 2.28. The minimum atomic E-state index is -4.08. The van der Waals surface area contributed by atoms with Crippen molar-refractivity contribution >= 4 is 5.82 Å². The average molecular weight is 193 g/mol. The van der Waals surface area contributed by atoms with Crippen molar-refractivity contribution in [1.29, 1.82) is 0 Å². The number of anilines is 1. The Kier molecular flexibility index (Phi) is 2.79. The summed E-state index contributed by atoms with van der Waals surface area (Å²) in [6, 6.07) is 1.55. The molecule has 74 valence electrons. The van der Waals surface area contributed by atoms with Crippen LogP contribution in [0.3, 0.4) is 0 Å². The van der Waals surface area contributed by atoms with E-state index >= 15 is 0 Å². The molecule has 13 heavy (non-hydrogen) atoms. The topological polar surface area (TPSA) is 43.8 Å². The molecule has 1 rings (SSSR count). The third-order valence-corrected chi connectivity index (χ3v) is 1.51. The Labute approximate surface area is 73.3 Å². The van der Waals surface area contributed by atoms with Gasteiger partial charge < -0.3 is 5.73 Å². The fourth-order valence-corrected chi connectivity index (χ4v) is 0.943. The van der Waals surface area contributed by atoms with Crippen molar-refractivity contribution < 1.29 is 13.2 Å². The number of nitrogens with zero attached hydrogens (tertiary/aromatic N) is 2. The molecule has 0 saturated heterocycles. The second-order valence-electron chi connectivity index (χ2n) is 2.72. The highest BCUT2D eigenvalue weighted by atomic mass is 19.4. The largest absolute Gasteiger partial charge is 0.389 e. The molecule has 0 aliphatic heterocycles. The molecule has 1 aromatic heterocycles. The molecular formula is C7H10F3N3. The van der Waals surface area contributed by atoms with Gasteiger partial charge in [-0.3, -0.25) is 4.68 Å². The summed E-state index contributed by atoms with van der Waals surface area (Å²) in [7, 11) is 0. The zero-order valence-electron chi connectivity index (χ0n) is 6.88. The van der Waals surface area contributed by atoms with E-state index in [0.717, 1.165) is 0 Å². The Morgan fingerprint density at radius 2 is 2.15 bits per heavy atom. The van der Waals surface area contributed by atoms with Gasteiger partial charge in [-0.05, 0) is 12.5 Å². The standard InChI is InChI=1S/C7H10F3N3/c8-7(9,10)3-1-4-13-5-2-6(11)12-13/h2,5H,1,3-4H2,(H2,11,12). The minimum absolute atomic E-state index is 0.0324. The van der Waals surface area contributed by atoms with E-state index in [-0.39, 0.29) is 13.0 Å². The number of aromatic nitrogens is 2. The van der Waals surface area contributed by atoms with E-state index in [1.165, 1.54) is 4.68 Å². The van der Waals surface area contributed by atoms with Crippen LogP contribution in [0.5, 0.6) is 0 Å². The second-order valence-corrected chi connectivity index (χ2v) is 2.72. The first-order valence-corrected chi connectivity index (χ1v) is 3.83. The molecule has 2 N–H and O–H groups in total. The van der Waals surface area contributed by atoms with Crippen molar-refractivity contribution in [2.75, 3.05) is 5.73 Å². The van der Waals surface area contributed by atoms with Gasteiger partial charge in [-0.15, -0.1) is 0 Å². The summed E-state index contributed by atoms with van der Waals surface area (Å²) in [4.78, 5) is 0. The first-order chi connectivity index (χ1) is 5.97. The lowest BCUT2D eigenvalue weighted by Gasteiger charge is -2.05. The van der Waals surface area contributed by atoms with Gasteiger partial charge in [0.05, 0.1) is 0 Å². The highest BCUT2D eigenvalue weighted by Gasteiger charge is 2.25. The van der Waals surface area contributed by atoms with Gasteiger partial charge in [-0.1, -0.05) is 0 Å². The van der Waals surface area contributed by atoms with E-state index in [2.05, 4.69) is 5.10 Å². The number of hydrogen-bond donors (Lipinski definition) is 1. The highest BCUT2D eigenvalue weighted by Crippen LogP contribution is 2.21. The van der Waals surface area contributed by atoms with Crippen LogP contribution in [-0.2, 0) is 6.54 Å². The number of halogens is 3. The summed E-state index contributed by atoms with van der Waals surface area (Å²) in [5.41, 5.74) is 5.28. The summed E-state index contributed by atoms with van der Waals surface area (Å²) in [5, 5.41) is 3.76. The fraction of sp³-hybridized carbons (Fsp3) is 0.571.